The summed E-state index contributed by atoms with van der Waals surface area (Å²) in [6, 6.07) is 0. The van der Waals surface area contributed by atoms with Gasteiger partial charge in [-0.05, 0) is 35.2 Å². The Morgan fingerprint density at radius 1 is 1.58 bits per heavy atom. The van der Waals surface area contributed by atoms with Gasteiger partial charge in [0.25, 0.3) is 5.56 Å². The maximum Gasteiger partial charge on any atom is 0.283 e. The monoisotopic (exact) mass is 331 g/mol. The molecule has 0 radical (unpaired) electrons. The fourth-order valence-electron chi connectivity index (χ4n) is 1.59. The molecule has 0 spiro atoms. The first-order valence-electron chi connectivity index (χ1n) is 6.47. The van der Waals surface area contributed by atoms with E-state index in [9.17, 15) is 9.90 Å². The van der Waals surface area contributed by atoms with Crippen molar-refractivity contribution in [2.24, 2.45) is 5.92 Å². The predicted molar refractivity (Wildman–Crippen MR) is 80.4 cm³/mol. The molecule has 0 aromatic carbocycles. The normalized spacial score (nSPS) is 14.5. The number of aliphatic hydroxyl groups excluding tert-OH is 1. The summed E-state index contributed by atoms with van der Waals surface area (Å²) in [5, 5.41) is 16.7. The Hall–Kier alpha value is -0.880. The zero-order valence-electron chi connectivity index (χ0n) is 11.9. The van der Waals surface area contributed by atoms with Crippen LogP contribution in [0.1, 0.15) is 34.1 Å². The Morgan fingerprint density at radius 2 is 2.21 bits per heavy atom. The molecule has 108 valence electrons. The molecule has 0 aliphatic rings. The number of nitrogens with one attached hydrogen (secondary N) is 1. The number of hydrogen-bond acceptors (Lipinski definition) is 4. The summed E-state index contributed by atoms with van der Waals surface area (Å²) in [6.07, 6.45) is 2.36. The van der Waals surface area contributed by atoms with Crippen LogP contribution in [0, 0.1) is 5.92 Å². The lowest BCUT2D eigenvalue weighted by Gasteiger charge is -2.28. The average molecular weight is 332 g/mol. The molecule has 0 fully saturated rings. The maximum absolute atomic E-state index is 12.1. The number of anilines is 1. The Balaban J connectivity index is 3.06. The highest BCUT2D eigenvalue weighted by molar-refractivity contribution is 9.10. The molecule has 0 aliphatic heterocycles. The third-order valence-electron chi connectivity index (χ3n) is 3.09. The topological polar surface area (TPSA) is 67.2 Å². The fraction of sp³-hybridized carbons (Fsp3) is 0.692. The van der Waals surface area contributed by atoms with Crippen molar-refractivity contribution in [3.63, 3.8) is 0 Å². The number of nitrogens with zero attached hydrogens (tertiary/aromatic N) is 2. The minimum Gasteiger partial charge on any atom is -0.394 e. The quantitative estimate of drug-likeness (QED) is 0.838. The van der Waals surface area contributed by atoms with E-state index in [2.05, 4.69) is 26.3 Å². The van der Waals surface area contributed by atoms with Crippen molar-refractivity contribution >= 4 is 21.6 Å². The van der Waals surface area contributed by atoms with E-state index in [1.54, 1.807) is 6.20 Å². The van der Waals surface area contributed by atoms with Crippen LogP contribution in [-0.2, 0) is 6.54 Å². The van der Waals surface area contributed by atoms with Gasteiger partial charge in [-0.15, -0.1) is 0 Å². The summed E-state index contributed by atoms with van der Waals surface area (Å²) >= 11 is 3.31. The van der Waals surface area contributed by atoms with Gasteiger partial charge in [-0.25, -0.2) is 4.68 Å². The molecule has 5 nitrogen and oxygen atoms in total. The molecule has 0 amide bonds. The van der Waals surface area contributed by atoms with Crippen LogP contribution in [0.4, 0.5) is 5.69 Å². The molecule has 1 atom stereocenters. The maximum atomic E-state index is 12.1. The average Bonchev–Trinajstić information content (AvgIpc) is 2.38. The highest BCUT2D eigenvalue weighted by Gasteiger charge is 2.22. The van der Waals surface area contributed by atoms with Gasteiger partial charge in [-0.2, -0.15) is 5.10 Å². The first-order valence-corrected chi connectivity index (χ1v) is 7.27. The van der Waals surface area contributed by atoms with Crippen LogP contribution in [0.3, 0.4) is 0 Å². The number of aromatic nitrogens is 2. The first-order chi connectivity index (χ1) is 8.83. The van der Waals surface area contributed by atoms with Crippen molar-refractivity contribution in [3.05, 3.63) is 21.0 Å². The van der Waals surface area contributed by atoms with E-state index in [0.717, 1.165) is 6.42 Å². The van der Waals surface area contributed by atoms with Gasteiger partial charge in [0.15, 0.2) is 0 Å². The second-order valence-electron chi connectivity index (χ2n) is 5.45. The van der Waals surface area contributed by atoms with Crippen LogP contribution < -0.4 is 10.9 Å². The molecule has 2 N–H and O–H groups in total. The minimum atomic E-state index is -0.457. The molecule has 1 aromatic heterocycles. The second-order valence-corrected chi connectivity index (χ2v) is 6.24. The minimum absolute atomic E-state index is 0.00891. The molecule has 1 rings (SSSR count). The Bertz CT molecular complexity index is 481. The van der Waals surface area contributed by atoms with E-state index >= 15 is 0 Å². The molecule has 6 heteroatoms. The van der Waals surface area contributed by atoms with Gasteiger partial charge in [-0.1, -0.05) is 20.8 Å². The Morgan fingerprint density at radius 3 is 2.68 bits per heavy atom. The predicted octanol–water partition coefficient (Wildman–Crippen LogP) is 2.23. The summed E-state index contributed by atoms with van der Waals surface area (Å²) in [5.41, 5.74) is -0.000525. The van der Waals surface area contributed by atoms with Crippen LogP contribution in [0.2, 0.25) is 0 Å². The lowest BCUT2D eigenvalue weighted by atomic mass is 10.0. The van der Waals surface area contributed by atoms with Crippen molar-refractivity contribution in [1.82, 2.24) is 9.78 Å². The van der Waals surface area contributed by atoms with Crippen LogP contribution in [0.15, 0.2) is 15.5 Å². The van der Waals surface area contributed by atoms with Gasteiger partial charge in [0, 0.05) is 6.54 Å². The lowest BCUT2D eigenvalue weighted by molar-refractivity contribution is 0.219. The molecule has 19 heavy (non-hydrogen) atoms. The van der Waals surface area contributed by atoms with Gasteiger partial charge < -0.3 is 10.4 Å². The van der Waals surface area contributed by atoms with Gasteiger partial charge in [-0.3, -0.25) is 4.79 Å². The van der Waals surface area contributed by atoms with Crippen LogP contribution in [0.25, 0.3) is 0 Å². The summed E-state index contributed by atoms with van der Waals surface area (Å²) in [5.74, 6) is 0.356. The van der Waals surface area contributed by atoms with E-state index in [1.165, 1.54) is 4.68 Å². The zero-order chi connectivity index (χ0) is 14.6. The molecule has 0 saturated heterocycles. The number of aliphatic hydroxyl groups is 1. The smallest absolute Gasteiger partial charge is 0.283 e. The fourth-order valence-corrected chi connectivity index (χ4v) is 2.00. The summed E-state index contributed by atoms with van der Waals surface area (Å²) in [4.78, 5) is 12.1. The van der Waals surface area contributed by atoms with Crippen molar-refractivity contribution in [2.75, 3.05) is 11.9 Å². The van der Waals surface area contributed by atoms with E-state index in [1.807, 2.05) is 27.7 Å². The third kappa shape index (κ3) is 4.04. The molecule has 0 aliphatic carbocycles. The summed E-state index contributed by atoms with van der Waals surface area (Å²) in [6.45, 7) is 8.53. The summed E-state index contributed by atoms with van der Waals surface area (Å²) in [7, 11) is 0. The van der Waals surface area contributed by atoms with Gasteiger partial charge >= 0.3 is 0 Å². The number of hydrogen-bond donors (Lipinski definition) is 2. The van der Waals surface area contributed by atoms with Gasteiger partial charge in [0.2, 0.25) is 0 Å². The molecule has 1 heterocycles. The first kappa shape index (κ1) is 16.2. The van der Waals surface area contributed by atoms with Crippen LogP contribution in [-0.4, -0.2) is 27.0 Å². The van der Waals surface area contributed by atoms with Crippen molar-refractivity contribution in [2.45, 2.75) is 46.2 Å². The molecular weight excluding hydrogens is 310 g/mol. The standard InChI is InChI=1S/C13H22BrN3O2/c1-5-13(4,8-18)16-10-6-15-17(7-9(2)3)12(19)11(10)14/h6,9,16,18H,5,7-8H2,1-4H3. The highest BCUT2D eigenvalue weighted by Crippen LogP contribution is 2.22. The van der Waals surface area contributed by atoms with Crippen molar-refractivity contribution in [1.29, 1.82) is 0 Å². The molecule has 1 unspecified atom stereocenters. The molecule has 0 bridgehead atoms. The Kier molecular flexibility index (Phi) is 5.55. The van der Waals surface area contributed by atoms with E-state index in [4.69, 9.17) is 0 Å². The lowest BCUT2D eigenvalue weighted by Crippen LogP contribution is -2.39. The van der Waals surface area contributed by atoms with Crippen molar-refractivity contribution < 1.29 is 5.11 Å². The Labute approximate surface area is 122 Å². The molecular formula is C13H22BrN3O2. The number of halogens is 1. The SMILES string of the molecule is CCC(C)(CO)Nc1cnn(CC(C)C)c(=O)c1Br. The van der Waals surface area contributed by atoms with E-state index in [0.29, 0.717) is 22.6 Å². The number of rotatable bonds is 6. The van der Waals surface area contributed by atoms with E-state index < -0.39 is 5.54 Å². The second kappa shape index (κ2) is 6.52. The highest BCUT2D eigenvalue weighted by atomic mass is 79.9. The summed E-state index contributed by atoms with van der Waals surface area (Å²) < 4.78 is 1.90. The van der Waals surface area contributed by atoms with Gasteiger partial charge in [0.1, 0.15) is 4.47 Å². The largest absolute Gasteiger partial charge is 0.394 e. The van der Waals surface area contributed by atoms with Crippen molar-refractivity contribution in [3.8, 4) is 0 Å². The molecule has 1 aromatic rings. The van der Waals surface area contributed by atoms with Gasteiger partial charge in [0.05, 0.1) is 24.0 Å². The van der Waals surface area contributed by atoms with Crippen LogP contribution in [0.5, 0.6) is 0 Å². The van der Waals surface area contributed by atoms with Crippen LogP contribution >= 0.6 is 15.9 Å². The van der Waals surface area contributed by atoms with E-state index in [-0.39, 0.29) is 12.2 Å². The third-order valence-corrected chi connectivity index (χ3v) is 3.86. The molecule has 0 saturated carbocycles. The zero-order valence-corrected chi connectivity index (χ0v) is 13.5.